The molecule has 0 radical (unpaired) electrons. The molecule has 0 aromatic heterocycles. The van der Waals surface area contributed by atoms with E-state index in [4.69, 9.17) is 14.2 Å². The molecule has 1 fully saturated rings. The molecular formula is C17H26O4. The van der Waals surface area contributed by atoms with E-state index in [0.717, 1.165) is 12.2 Å². The minimum Gasteiger partial charge on any atom is -0.488 e. The van der Waals surface area contributed by atoms with E-state index in [1.165, 1.54) is 18.4 Å². The van der Waals surface area contributed by atoms with Gasteiger partial charge in [-0.15, -0.1) is 0 Å². The molecule has 0 aliphatic heterocycles. The molecule has 0 spiro atoms. The van der Waals surface area contributed by atoms with E-state index in [1.54, 1.807) is 7.11 Å². The van der Waals surface area contributed by atoms with Crippen molar-refractivity contribution in [3.8, 4) is 5.75 Å². The van der Waals surface area contributed by atoms with Crippen molar-refractivity contribution in [1.82, 2.24) is 0 Å². The Hall–Kier alpha value is -1.10. The van der Waals surface area contributed by atoms with Crippen molar-refractivity contribution in [2.24, 2.45) is 0 Å². The highest BCUT2D eigenvalue weighted by Gasteiger charge is 2.42. The first kappa shape index (κ1) is 16.3. The van der Waals surface area contributed by atoms with Gasteiger partial charge in [-0.25, -0.2) is 0 Å². The Kier molecular flexibility index (Phi) is 6.49. The molecule has 4 nitrogen and oxygen atoms in total. The number of rotatable bonds is 9. The van der Waals surface area contributed by atoms with Crippen LogP contribution in [0, 0.1) is 0 Å². The molecule has 3 unspecified atom stereocenters. The number of hydrogen-bond donors (Lipinski definition) is 1. The topological polar surface area (TPSA) is 47.9 Å². The number of benzene rings is 1. The Morgan fingerprint density at radius 3 is 2.57 bits per heavy atom. The molecule has 1 aliphatic rings. The van der Waals surface area contributed by atoms with Gasteiger partial charge >= 0.3 is 0 Å². The summed E-state index contributed by atoms with van der Waals surface area (Å²) in [5.41, 5.74) is 1.34. The lowest BCUT2D eigenvalue weighted by molar-refractivity contribution is -0.167. The van der Waals surface area contributed by atoms with Crippen LogP contribution < -0.4 is 4.74 Å². The molecule has 3 atom stereocenters. The third-order valence-electron chi connectivity index (χ3n) is 3.85. The number of methoxy groups -OCH3 is 1. The fourth-order valence-electron chi connectivity index (χ4n) is 2.45. The van der Waals surface area contributed by atoms with Gasteiger partial charge in [0.25, 0.3) is 0 Å². The fourth-order valence-corrected chi connectivity index (χ4v) is 2.45. The molecule has 0 heterocycles. The number of hydrogen-bond acceptors (Lipinski definition) is 4. The SMILES string of the molecule is CCCCc1ccc(OC2CC(O)C2OCCOC)cc1. The van der Waals surface area contributed by atoms with Crippen molar-refractivity contribution >= 4 is 0 Å². The van der Waals surface area contributed by atoms with E-state index in [2.05, 4.69) is 19.1 Å². The van der Waals surface area contributed by atoms with Gasteiger partial charge in [-0.3, -0.25) is 0 Å². The Bertz CT molecular complexity index is 404. The van der Waals surface area contributed by atoms with Crippen molar-refractivity contribution < 1.29 is 19.3 Å². The van der Waals surface area contributed by atoms with Crippen LogP contribution >= 0.6 is 0 Å². The second kappa shape index (κ2) is 8.37. The molecular weight excluding hydrogens is 268 g/mol. The molecule has 1 aromatic carbocycles. The summed E-state index contributed by atoms with van der Waals surface area (Å²) in [6.45, 7) is 3.21. The smallest absolute Gasteiger partial charge is 0.130 e. The maximum atomic E-state index is 9.75. The summed E-state index contributed by atoms with van der Waals surface area (Å²) in [6, 6.07) is 8.23. The highest BCUT2D eigenvalue weighted by Crippen LogP contribution is 2.29. The molecule has 4 heteroatoms. The number of unbranched alkanes of at least 4 members (excludes halogenated alkanes) is 1. The van der Waals surface area contributed by atoms with Crippen LogP contribution in [0.4, 0.5) is 0 Å². The third kappa shape index (κ3) is 4.70. The zero-order valence-electron chi connectivity index (χ0n) is 13.0. The van der Waals surface area contributed by atoms with Gasteiger partial charge in [-0.05, 0) is 30.5 Å². The number of ether oxygens (including phenoxy) is 3. The average molecular weight is 294 g/mol. The fraction of sp³-hybridized carbons (Fsp3) is 0.647. The Morgan fingerprint density at radius 1 is 1.19 bits per heavy atom. The lowest BCUT2D eigenvalue weighted by atomic mass is 9.88. The molecule has 0 bridgehead atoms. The molecule has 2 rings (SSSR count). The Balaban J connectivity index is 1.80. The van der Waals surface area contributed by atoms with Crippen LogP contribution in [0.1, 0.15) is 31.7 Å². The van der Waals surface area contributed by atoms with Gasteiger partial charge in [-0.1, -0.05) is 25.5 Å². The van der Waals surface area contributed by atoms with E-state index in [1.807, 2.05) is 12.1 Å². The number of aliphatic hydroxyl groups is 1. The molecule has 0 saturated heterocycles. The van der Waals surface area contributed by atoms with E-state index >= 15 is 0 Å². The zero-order valence-corrected chi connectivity index (χ0v) is 13.0. The van der Waals surface area contributed by atoms with E-state index in [9.17, 15) is 5.11 Å². The van der Waals surface area contributed by atoms with Crippen molar-refractivity contribution in [1.29, 1.82) is 0 Å². The minimum atomic E-state index is -0.435. The Labute approximate surface area is 127 Å². The first-order chi connectivity index (χ1) is 10.2. The van der Waals surface area contributed by atoms with Gasteiger partial charge in [-0.2, -0.15) is 0 Å². The molecule has 21 heavy (non-hydrogen) atoms. The minimum absolute atomic E-state index is 0.0710. The van der Waals surface area contributed by atoms with Crippen LogP contribution in [0.5, 0.6) is 5.75 Å². The van der Waals surface area contributed by atoms with Crippen LogP contribution in [0.25, 0.3) is 0 Å². The summed E-state index contributed by atoms with van der Waals surface area (Å²) >= 11 is 0. The normalized spacial score (nSPS) is 24.6. The van der Waals surface area contributed by atoms with Crippen molar-refractivity contribution in [2.75, 3.05) is 20.3 Å². The second-order valence-electron chi connectivity index (χ2n) is 5.54. The second-order valence-corrected chi connectivity index (χ2v) is 5.54. The maximum Gasteiger partial charge on any atom is 0.130 e. The first-order valence-corrected chi connectivity index (χ1v) is 7.78. The van der Waals surface area contributed by atoms with Crippen molar-refractivity contribution in [2.45, 2.75) is 50.9 Å². The third-order valence-corrected chi connectivity index (χ3v) is 3.85. The van der Waals surface area contributed by atoms with Crippen LogP contribution in [0.3, 0.4) is 0 Å². The van der Waals surface area contributed by atoms with Crippen LogP contribution in [-0.4, -0.2) is 43.7 Å². The van der Waals surface area contributed by atoms with E-state index in [0.29, 0.717) is 19.6 Å². The van der Waals surface area contributed by atoms with Gasteiger partial charge in [0.05, 0.1) is 19.3 Å². The molecule has 1 aliphatic carbocycles. The summed E-state index contributed by atoms with van der Waals surface area (Å²) in [7, 11) is 1.63. The van der Waals surface area contributed by atoms with Gasteiger partial charge < -0.3 is 19.3 Å². The van der Waals surface area contributed by atoms with Gasteiger partial charge in [0, 0.05) is 13.5 Å². The Morgan fingerprint density at radius 2 is 1.95 bits per heavy atom. The van der Waals surface area contributed by atoms with Gasteiger partial charge in [0.1, 0.15) is 18.0 Å². The van der Waals surface area contributed by atoms with E-state index < -0.39 is 6.10 Å². The predicted molar refractivity (Wildman–Crippen MR) is 81.7 cm³/mol. The largest absolute Gasteiger partial charge is 0.488 e. The number of aliphatic hydroxyl groups excluding tert-OH is 1. The molecule has 1 saturated carbocycles. The first-order valence-electron chi connectivity index (χ1n) is 7.78. The van der Waals surface area contributed by atoms with Gasteiger partial charge in [0.15, 0.2) is 0 Å². The summed E-state index contributed by atoms with van der Waals surface area (Å²) in [5, 5.41) is 9.75. The zero-order chi connectivity index (χ0) is 15.1. The molecule has 1 N–H and O–H groups in total. The standard InChI is InChI=1S/C17H26O4/c1-3-4-5-13-6-8-14(9-7-13)21-16-12-15(18)17(16)20-11-10-19-2/h6-9,15-18H,3-5,10-12H2,1-2H3. The highest BCUT2D eigenvalue weighted by molar-refractivity contribution is 5.28. The lowest BCUT2D eigenvalue weighted by Crippen LogP contribution is -2.55. The molecule has 0 amide bonds. The van der Waals surface area contributed by atoms with Crippen LogP contribution in [-0.2, 0) is 15.9 Å². The van der Waals surface area contributed by atoms with Crippen LogP contribution in [0.15, 0.2) is 24.3 Å². The summed E-state index contributed by atoms with van der Waals surface area (Å²) in [4.78, 5) is 0. The van der Waals surface area contributed by atoms with Crippen molar-refractivity contribution in [3.05, 3.63) is 29.8 Å². The summed E-state index contributed by atoms with van der Waals surface area (Å²) < 4.78 is 16.4. The highest BCUT2D eigenvalue weighted by atomic mass is 16.6. The average Bonchev–Trinajstić information content (AvgIpc) is 2.50. The predicted octanol–water partition coefficient (Wildman–Crippen LogP) is 2.57. The van der Waals surface area contributed by atoms with E-state index in [-0.39, 0.29) is 12.2 Å². The van der Waals surface area contributed by atoms with Crippen LogP contribution in [0.2, 0.25) is 0 Å². The quantitative estimate of drug-likeness (QED) is 0.711. The molecule has 1 aromatic rings. The van der Waals surface area contributed by atoms with Gasteiger partial charge in [0.2, 0.25) is 0 Å². The summed E-state index contributed by atoms with van der Waals surface area (Å²) in [5.74, 6) is 0.840. The monoisotopic (exact) mass is 294 g/mol. The van der Waals surface area contributed by atoms with Crippen molar-refractivity contribution in [3.63, 3.8) is 0 Å². The molecule has 118 valence electrons. The number of aryl methyl sites for hydroxylation is 1. The lowest BCUT2D eigenvalue weighted by Gasteiger charge is -2.40. The maximum absolute atomic E-state index is 9.75. The summed E-state index contributed by atoms with van der Waals surface area (Å²) in [6.07, 6.45) is 3.40.